The largest absolute Gasteiger partial charge is 0.370 e. The average Bonchev–Trinajstić information content (AvgIpc) is 2.98. The highest BCUT2D eigenvalue weighted by atomic mass is 15.1. The minimum atomic E-state index is 0.506. The van der Waals surface area contributed by atoms with Crippen molar-refractivity contribution in [1.82, 2.24) is 9.97 Å². The van der Waals surface area contributed by atoms with Crippen molar-refractivity contribution in [3.8, 4) is 0 Å². The topological polar surface area (TPSA) is 49.8 Å². The highest BCUT2D eigenvalue weighted by molar-refractivity contribution is 5.57. The molecular formula is C15H26N4. The molecule has 0 saturated heterocycles. The second kappa shape index (κ2) is 5.35. The molecule has 0 aromatic carbocycles. The van der Waals surface area contributed by atoms with Crippen LogP contribution in [0.15, 0.2) is 0 Å². The Bertz CT molecular complexity index is 454. The van der Waals surface area contributed by atoms with Gasteiger partial charge in [0.2, 0.25) is 0 Å². The molecule has 1 atom stereocenters. The van der Waals surface area contributed by atoms with Gasteiger partial charge in [-0.15, -0.1) is 0 Å². The zero-order chi connectivity index (χ0) is 14.0. The number of aromatic nitrogens is 2. The van der Waals surface area contributed by atoms with E-state index in [4.69, 9.17) is 0 Å². The second-order valence-corrected chi connectivity index (χ2v) is 6.12. The van der Waals surface area contributed by atoms with Gasteiger partial charge in [-0.25, -0.2) is 9.97 Å². The summed E-state index contributed by atoms with van der Waals surface area (Å²) < 4.78 is 0. The van der Waals surface area contributed by atoms with Crippen LogP contribution in [0.4, 0.5) is 11.6 Å². The van der Waals surface area contributed by atoms with Gasteiger partial charge in [0.1, 0.15) is 17.5 Å². The van der Waals surface area contributed by atoms with E-state index in [2.05, 4.69) is 55.2 Å². The van der Waals surface area contributed by atoms with Gasteiger partial charge < -0.3 is 10.6 Å². The van der Waals surface area contributed by atoms with Crippen LogP contribution in [0.25, 0.3) is 0 Å². The van der Waals surface area contributed by atoms with E-state index in [1.807, 2.05) is 0 Å². The third-order valence-electron chi connectivity index (χ3n) is 4.09. The Balaban J connectivity index is 2.11. The molecule has 4 heteroatoms. The monoisotopic (exact) mass is 262 g/mol. The average molecular weight is 262 g/mol. The minimum absolute atomic E-state index is 0.506. The fraction of sp³-hybridized carbons (Fsp3) is 0.733. The van der Waals surface area contributed by atoms with Crippen LogP contribution in [0.3, 0.4) is 0 Å². The fourth-order valence-corrected chi connectivity index (χ4v) is 2.38. The molecule has 2 rings (SSSR count). The van der Waals surface area contributed by atoms with Crippen molar-refractivity contribution in [3.63, 3.8) is 0 Å². The van der Waals surface area contributed by atoms with Gasteiger partial charge in [-0.2, -0.15) is 0 Å². The maximum atomic E-state index is 4.62. The summed E-state index contributed by atoms with van der Waals surface area (Å²) in [6.45, 7) is 12.8. The van der Waals surface area contributed by atoms with E-state index < -0.39 is 0 Å². The number of hydrogen-bond donors (Lipinski definition) is 2. The highest BCUT2D eigenvalue weighted by Gasteiger charge is 2.45. The number of rotatable bonds is 6. The molecule has 1 aliphatic carbocycles. The van der Waals surface area contributed by atoms with Crippen molar-refractivity contribution in [2.75, 3.05) is 23.7 Å². The van der Waals surface area contributed by atoms with Gasteiger partial charge in [-0.3, -0.25) is 0 Å². The number of anilines is 2. The predicted octanol–water partition coefficient (Wildman–Crippen LogP) is 3.24. The third-order valence-corrected chi connectivity index (χ3v) is 4.09. The summed E-state index contributed by atoms with van der Waals surface area (Å²) in [6.07, 6.45) is 2.17. The van der Waals surface area contributed by atoms with Crippen molar-refractivity contribution < 1.29 is 0 Å². The lowest BCUT2D eigenvalue weighted by atomic mass is 10.1. The number of aryl methyl sites for hydroxylation is 1. The van der Waals surface area contributed by atoms with Crippen molar-refractivity contribution in [2.24, 2.45) is 11.3 Å². The lowest BCUT2D eigenvalue weighted by Gasteiger charge is -2.14. The molecule has 1 aromatic heterocycles. The Labute approximate surface area is 116 Å². The molecule has 1 aliphatic rings. The Kier molecular flexibility index (Phi) is 3.97. The van der Waals surface area contributed by atoms with Crippen LogP contribution >= 0.6 is 0 Å². The maximum Gasteiger partial charge on any atom is 0.134 e. The van der Waals surface area contributed by atoms with E-state index in [0.29, 0.717) is 5.41 Å². The molecule has 4 nitrogen and oxygen atoms in total. The van der Waals surface area contributed by atoms with E-state index in [9.17, 15) is 0 Å². The lowest BCUT2D eigenvalue weighted by Crippen LogP contribution is -2.13. The van der Waals surface area contributed by atoms with E-state index in [-0.39, 0.29) is 0 Å². The van der Waals surface area contributed by atoms with Gasteiger partial charge in [0.25, 0.3) is 0 Å². The molecule has 1 unspecified atom stereocenters. The summed E-state index contributed by atoms with van der Waals surface area (Å²) >= 11 is 0. The normalized spacial score (nSPS) is 20.2. The summed E-state index contributed by atoms with van der Waals surface area (Å²) in [5.74, 6) is 3.63. The molecule has 19 heavy (non-hydrogen) atoms. The first-order valence-corrected chi connectivity index (χ1v) is 7.33. The molecule has 0 amide bonds. The summed E-state index contributed by atoms with van der Waals surface area (Å²) in [5.41, 5.74) is 1.63. The predicted molar refractivity (Wildman–Crippen MR) is 80.7 cm³/mol. The SMILES string of the molecule is CCNc1nc(CC)nc(NCC2CC2(C)C)c1C. The molecule has 1 heterocycles. The molecule has 106 valence electrons. The molecular weight excluding hydrogens is 236 g/mol. The van der Waals surface area contributed by atoms with Crippen molar-refractivity contribution in [2.45, 2.75) is 47.5 Å². The smallest absolute Gasteiger partial charge is 0.134 e. The number of nitrogens with one attached hydrogen (secondary N) is 2. The van der Waals surface area contributed by atoms with Crippen LogP contribution in [0, 0.1) is 18.3 Å². The van der Waals surface area contributed by atoms with Crippen molar-refractivity contribution in [1.29, 1.82) is 0 Å². The molecule has 0 spiro atoms. The van der Waals surface area contributed by atoms with Crippen LogP contribution in [0.2, 0.25) is 0 Å². The Morgan fingerprint density at radius 2 is 1.74 bits per heavy atom. The summed E-state index contributed by atoms with van der Waals surface area (Å²) in [4.78, 5) is 9.17. The number of nitrogens with zero attached hydrogens (tertiary/aromatic N) is 2. The van der Waals surface area contributed by atoms with E-state index in [1.165, 1.54) is 6.42 Å². The van der Waals surface area contributed by atoms with E-state index in [1.54, 1.807) is 0 Å². The maximum absolute atomic E-state index is 4.62. The van der Waals surface area contributed by atoms with Crippen LogP contribution in [-0.4, -0.2) is 23.1 Å². The molecule has 0 aliphatic heterocycles. The fourth-order valence-electron chi connectivity index (χ4n) is 2.38. The van der Waals surface area contributed by atoms with Crippen LogP contribution < -0.4 is 10.6 Å². The Hall–Kier alpha value is -1.32. The Morgan fingerprint density at radius 3 is 2.21 bits per heavy atom. The lowest BCUT2D eigenvalue weighted by molar-refractivity contribution is 0.572. The summed E-state index contributed by atoms with van der Waals surface area (Å²) in [6, 6.07) is 0. The molecule has 1 aromatic rings. The van der Waals surface area contributed by atoms with Gasteiger partial charge in [0.05, 0.1) is 0 Å². The van der Waals surface area contributed by atoms with Crippen LogP contribution in [0.5, 0.6) is 0 Å². The molecule has 2 N–H and O–H groups in total. The third kappa shape index (κ3) is 3.17. The standard InChI is InChI=1S/C15H26N4/c1-6-12-18-13(16-7-2)10(3)14(19-12)17-9-11-8-15(11,4)5/h11H,6-9H2,1-5H3,(H2,16,17,18,19). The van der Waals surface area contributed by atoms with Gasteiger partial charge in [-0.05, 0) is 31.6 Å². The van der Waals surface area contributed by atoms with E-state index in [0.717, 1.165) is 48.5 Å². The molecule has 1 saturated carbocycles. The zero-order valence-electron chi connectivity index (χ0n) is 12.8. The van der Waals surface area contributed by atoms with Crippen molar-refractivity contribution >= 4 is 11.6 Å². The molecule has 1 fully saturated rings. The van der Waals surface area contributed by atoms with Gasteiger partial charge >= 0.3 is 0 Å². The van der Waals surface area contributed by atoms with Crippen molar-refractivity contribution in [3.05, 3.63) is 11.4 Å². The first kappa shape index (κ1) is 14.1. The van der Waals surface area contributed by atoms with E-state index >= 15 is 0 Å². The Morgan fingerprint density at radius 1 is 1.16 bits per heavy atom. The van der Waals surface area contributed by atoms with Crippen LogP contribution in [0.1, 0.15) is 45.5 Å². The van der Waals surface area contributed by atoms with Gasteiger partial charge in [0, 0.05) is 25.1 Å². The van der Waals surface area contributed by atoms with Gasteiger partial charge in [-0.1, -0.05) is 20.8 Å². The number of hydrogen-bond acceptors (Lipinski definition) is 4. The van der Waals surface area contributed by atoms with Crippen LogP contribution in [-0.2, 0) is 6.42 Å². The summed E-state index contributed by atoms with van der Waals surface area (Å²) in [7, 11) is 0. The zero-order valence-corrected chi connectivity index (χ0v) is 12.8. The minimum Gasteiger partial charge on any atom is -0.370 e. The quantitative estimate of drug-likeness (QED) is 0.826. The summed E-state index contributed by atoms with van der Waals surface area (Å²) in [5, 5.41) is 6.83. The first-order chi connectivity index (χ1) is 8.97. The molecule has 0 bridgehead atoms. The van der Waals surface area contributed by atoms with Gasteiger partial charge in [0.15, 0.2) is 0 Å². The molecule has 0 radical (unpaired) electrons. The first-order valence-electron chi connectivity index (χ1n) is 7.33. The highest BCUT2D eigenvalue weighted by Crippen LogP contribution is 2.51. The second-order valence-electron chi connectivity index (χ2n) is 6.12.